The van der Waals surface area contributed by atoms with Gasteiger partial charge in [0, 0.05) is 28.4 Å². The predicted molar refractivity (Wildman–Crippen MR) is 91.0 cm³/mol. The van der Waals surface area contributed by atoms with Crippen LogP contribution in [-0.4, -0.2) is 37.6 Å². The van der Waals surface area contributed by atoms with E-state index in [1.165, 1.54) is 9.75 Å². The first-order chi connectivity index (χ1) is 11.1. The number of primary amides is 1. The van der Waals surface area contributed by atoms with Crippen LogP contribution in [0.1, 0.15) is 10.4 Å². The van der Waals surface area contributed by atoms with Gasteiger partial charge in [0.25, 0.3) is 0 Å². The van der Waals surface area contributed by atoms with Crippen LogP contribution in [0.15, 0.2) is 24.3 Å². The molecular formula is C17H20N2O3S. The Morgan fingerprint density at radius 3 is 2.91 bits per heavy atom. The number of hydrogen-bond donors (Lipinski definition) is 1. The number of aryl methyl sites for hydroxylation is 1. The molecule has 1 aromatic carbocycles. The summed E-state index contributed by atoms with van der Waals surface area (Å²) in [6.45, 7) is 4.11. The third-order valence-electron chi connectivity index (χ3n) is 3.80. The van der Waals surface area contributed by atoms with Crippen molar-refractivity contribution in [3.05, 3.63) is 34.7 Å². The molecule has 0 fully saturated rings. The Morgan fingerprint density at radius 1 is 1.43 bits per heavy atom. The summed E-state index contributed by atoms with van der Waals surface area (Å²) in [7, 11) is 1.65. The fraction of sp³-hybridized carbons (Fsp3) is 0.353. The third-order valence-corrected chi connectivity index (χ3v) is 4.85. The van der Waals surface area contributed by atoms with Crippen LogP contribution in [0.3, 0.4) is 0 Å². The number of nitrogens with zero attached hydrogens (tertiary/aromatic N) is 1. The smallest absolute Gasteiger partial charge is 0.231 e. The van der Waals surface area contributed by atoms with Crippen molar-refractivity contribution in [2.75, 3.05) is 26.8 Å². The second-order valence-electron chi connectivity index (χ2n) is 5.60. The highest BCUT2D eigenvalue weighted by molar-refractivity contribution is 7.15. The molecular weight excluding hydrogens is 312 g/mol. The van der Waals surface area contributed by atoms with Crippen LogP contribution in [0.4, 0.5) is 0 Å². The number of amides is 1. The molecule has 1 aromatic heterocycles. The van der Waals surface area contributed by atoms with Crippen LogP contribution in [0.25, 0.3) is 10.4 Å². The van der Waals surface area contributed by atoms with Gasteiger partial charge in [-0.25, -0.2) is 0 Å². The van der Waals surface area contributed by atoms with Gasteiger partial charge in [0.15, 0.2) is 11.5 Å². The lowest BCUT2D eigenvalue weighted by Gasteiger charge is -2.17. The van der Waals surface area contributed by atoms with E-state index in [0.717, 1.165) is 22.6 Å². The van der Waals surface area contributed by atoms with Gasteiger partial charge in [-0.15, -0.1) is 11.3 Å². The Bertz CT molecular complexity index is 727. The minimum Gasteiger partial charge on any atom is -0.493 e. The lowest BCUT2D eigenvalue weighted by Crippen LogP contribution is -2.34. The fourth-order valence-corrected chi connectivity index (χ4v) is 3.63. The molecule has 23 heavy (non-hydrogen) atoms. The van der Waals surface area contributed by atoms with E-state index < -0.39 is 0 Å². The molecule has 3 rings (SSSR count). The van der Waals surface area contributed by atoms with Crippen LogP contribution in [-0.2, 0) is 11.3 Å². The lowest BCUT2D eigenvalue weighted by molar-refractivity contribution is -0.119. The van der Waals surface area contributed by atoms with Crippen molar-refractivity contribution in [2.45, 2.75) is 13.5 Å². The molecule has 2 N–H and O–H groups in total. The van der Waals surface area contributed by atoms with Crippen molar-refractivity contribution in [2.24, 2.45) is 5.73 Å². The standard InChI is InChI=1S/C17H20N2O3S/c1-11-3-4-15(23-11)12-7-13-9-19(10-16(18)20)5-6-22-17(13)14(8-12)21-2/h3-4,7-8H,5-6,9-10H2,1-2H3,(H2,18,20). The summed E-state index contributed by atoms with van der Waals surface area (Å²) in [6.07, 6.45) is 0. The summed E-state index contributed by atoms with van der Waals surface area (Å²) in [6, 6.07) is 8.34. The molecule has 2 heterocycles. The van der Waals surface area contributed by atoms with E-state index in [0.29, 0.717) is 19.7 Å². The van der Waals surface area contributed by atoms with E-state index in [1.807, 2.05) is 11.0 Å². The van der Waals surface area contributed by atoms with Crippen LogP contribution < -0.4 is 15.2 Å². The number of ether oxygens (including phenoxy) is 2. The molecule has 0 saturated heterocycles. The van der Waals surface area contributed by atoms with Crippen molar-refractivity contribution in [1.82, 2.24) is 4.90 Å². The molecule has 5 nitrogen and oxygen atoms in total. The molecule has 0 atom stereocenters. The summed E-state index contributed by atoms with van der Waals surface area (Å²) in [5.74, 6) is 1.16. The normalized spacial score (nSPS) is 14.7. The van der Waals surface area contributed by atoms with Gasteiger partial charge in [-0.1, -0.05) is 0 Å². The third kappa shape index (κ3) is 3.48. The van der Waals surface area contributed by atoms with Gasteiger partial charge in [-0.05, 0) is 36.8 Å². The number of nitrogens with two attached hydrogens (primary N) is 1. The van der Waals surface area contributed by atoms with E-state index >= 15 is 0 Å². The molecule has 122 valence electrons. The molecule has 2 aromatic rings. The Balaban J connectivity index is 2.00. The topological polar surface area (TPSA) is 64.8 Å². The molecule has 0 spiro atoms. The Kier molecular flexibility index (Phi) is 4.54. The summed E-state index contributed by atoms with van der Waals surface area (Å²) in [5, 5.41) is 0. The SMILES string of the molecule is COc1cc(-c2ccc(C)s2)cc2c1OCCN(CC(N)=O)C2. The molecule has 1 aliphatic heterocycles. The zero-order valence-electron chi connectivity index (χ0n) is 13.3. The highest BCUT2D eigenvalue weighted by Crippen LogP contribution is 2.39. The average molecular weight is 332 g/mol. The summed E-state index contributed by atoms with van der Waals surface area (Å²) >= 11 is 1.74. The van der Waals surface area contributed by atoms with Gasteiger partial charge in [0.1, 0.15) is 6.61 Å². The molecule has 0 aliphatic carbocycles. The predicted octanol–water partition coefficient (Wildman–Crippen LogP) is 2.41. The van der Waals surface area contributed by atoms with E-state index in [1.54, 1.807) is 18.4 Å². The largest absolute Gasteiger partial charge is 0.493 e. The van der Waals surface area contributed by atoms with E-state index in [9.17, 15) is 4.79 Å². The summed E-state index contributed by atoms with van der Waals surface area (Å²) < 4.78 is 11.4. The monoisotopic (exact) mass is 332 g/mol. The molecule has 0 radical (unpaired) electrons. The maximum Gasteiger partial charge on any atom is 0.231 e. The van der Waals surface area contributed by atoms with Crippen molar-refractivity contribution in [3.8, 4) is 21.9 Å². The Labute approximate surface area is 139 Å². The molecule has 0 bridgehead atoms. The van der Waals surface area contributed by atoms with Crippen molar-refractivity contribution in [3.63, 3.8) is 0 Å². The molecule has 1 aliphatic rings. The minimum absolute atomic E-state index is 0.230. The van der Waals surface area contributed by atoms with Gasteiger partial charge in [-0.3, -0.25) is 9.69 Å². The number of rotatable bonds is 4. The van der Waals surface area contributed by atoms with E-state index in [4.69, 9.17) is 15.2 Å². The maximum absolute atomic E-state index is 11.2. The van der Waals surface area contributed by atoms with Gasteiger partial charge < -0.3 is 15.2 Å². The number of methoxy groups -OCH3 is 1. The quantitative estimate of drug-likeness (QED) is 0.934. The number of benzene rings is 1. The van der Waals surface area contributed by atoms with E-state index in [2.05, 4.69) is 25.1 Å². The molecule has 0 unspecified atom stereocenters. The van der Waals surface area contributed by atoms with Gasteiger partial charge in [0.2, 0.25) is 5.91 Å². The number of carbonyl (C=O) groups is 1. The van der Waals surface area contributed by atoms with Gasteiger partial charge >= 0.3 is 0 Å². The zero-order valence-corrected chi connectivity index (χ0v) is 14.1. The summed E-state index contributed by atoms with van der Waals surface area (Å²) in [4.78, 5) is 15.7. The van der Waals surface area contributed by atoms with Crippen molar-refractivity contribution < 1.29 is 14.3 Å². The lowest BCUT2D eigenvalue weighted by atomic mass is 10.1. The summed E-state index contributed by atoms with van der Waals surface area (Å²) in [5.41, 5.74) is 7.45. The van der Waals surface area contributed by atoms with Crippen molar-refractivity contribution in [1.29, 1.82) is 0 Å². The maximum atomic E-state index is 11.2. The minimum atomic E-state index is -0.328. The van der Waals surface area contributed by atoms with Crippen LogP contribution in [0.2, 0.25) is 0 Å². The Hall–Kier alpha value is -2.05. The van der Waals surface area contributed by atoms with E-state index in [-0.39, 0.29) is 12.5 Å². The second kappa shape index (κ2) is 6.60. The first-order valence-electron chi connectivity index (χ1n) is 7.48. The zero-order chi connectivity index (χ0) is 16.4. The van der Waals surface area contributed by atoms with Crippen LogP contribution in [0.5, 0.6) is 11.5 Å². The highest BCUT2D eigenvalue weighted by Gasteiger charge is 2.21. The number of carbonyl (C=O) groups excluding carboxylic acids is 1. The van der Waals surface area contributed by atoms with Gasteiger partial charge in [0.05, 0.1) is 13.7 Å². The first-order valence-corrected chi connectivity index (χ1v) is 8.29. The number of hydrogen-bond acceptors (Lipinski definition) is 5. The first kappa shape index (κ1) is 15.8. The number of thiophene rings is 1. The highest BCUT2D eigenvalue weighted by atomic mass is 32.1. The van der Waals surface area contributed by atoms with Crippen molar-refractivity contribution >= 4 is 17.2 Å². The average Bonchev–Trinajstić information content (AvgIpc) is 2.83. The van der Waals surface area contributed by atoms with Gasteiger partial charge in [-0.2, -0.15) is 0 Å². The van der Waals surface area contributed by atoms with Crippen LogP contribution in [0, 0.1) is 6.92 Å². The molecule has 6 heteroatoms. The fourth-order valence-electron chi connectivity index (χ4n) is 2.78. The molecule has 0 saturated carbocycles. The Morgan fingerprint density at radius 2 is 2.26 bits per heavy atom. The van der Waals surface area contributed by atoms with Crippen LogP contribution >= 0.6 is 11.3 Å². The second-order valence-corrected chi connectivity index (χ2v) is 6.89. The molecule has 1 amide bonds. The number of fused-ring (bicyclic) bond motifs is 1.